The largest absolute Gasteiger partial charge is 0.338 e. The van der Waals surface area contributed by atoms with E-state index in [9.17, 15) is 4.79 Å². The van der Waals surface area contributed by atoms with Gasteiger partial charge in [-0.3, -0.25) is 0 Å². The molecule has 1 N–H and O–H groups in total. The number of urea groups is 1. The molecule has 0 saturated carbocycles. The lowest BCUT2D eigenvalue weighted by Gasteiger charge is -2.31. The Labute approximate surface area is 104 Å². The highest BCUT2D eigenvalue weighted by molar-refractivity contribution is 5.74. The molecule has 0 aromatic carbocycles. The average Bonchev–Trinajstić information content (AvgIpc) is 2.37. The third-order valence-corrected chi connectivity index (χ3v) is 3.91. The van der Waals surface area contributed by atoms with Gasteiger partial charge in [-0.25, -0.2) is 4.79 Å². The summed E-state index contributed by atoms with van der Waals surface area (Å²) in [6.07, 6.45) is 6.13. The first-order chi connectivity index (χ1) is 8.25. The quantitative estimate of drug-likeness (QED) is 0.793. The van der Waals surface area contributed by atoms with Crippen molar-refractivity contribution in [2.45, 2.75) is 32.1 Å². The number of carbonyl (C=O) groups excluding carboxylic acids is 1. The minimum absolute atomic E-state index is 0.151. The summed E-state index contributed by atoms with van der Waals surface area (Å²) in [5.74, 6) is 0.641. The van der Waals surface area contributed by atoms with Crippen molar-refractivity contribution in [2.24, 2.45) is 5.92 Å². The van der Waals surface area contributed by atoms with E-state index in [0.717, 1.165) is 26.2 Å². The Balaban J connectivity index is 1.68. The molecule has 4 nitrogen and oxygen atoms in total. The van der Waals surface area contributed by atoms with E-state index in [-0.39, 0.29) is 6.03 Å². The fraction of sp³-hybridized carbons (Fsp3) is 0.923. The van der Waals surface area contributed by atoms with Crippen molar-refractivity contribution in [1.29, 1.82) is 0 Å². The fourth-order valence-corrected chi connectivity index (χ4v) is 2.88. The lowest BCUT2D eigenvalue weighted by molar-refractivity contribution is 0.175. The van der Waals surface area contributed by atoms with E-state index >= 15 is 0 Å². The number of rotatable bonds is 2. The number of nitrogens with one attached hydrogen (secondary N) is 1. The van der Waals surface area contributed by atoms with Crippen LogP contribution >= 0.6 is 0 Å². The Bertz CT molecular complexity index is 251. The molecule has 2 fully saturated rings. The molecule has 0 radical (unpaired) electrons. The second-order valence-electron chi connectivity index (χ2n) is 5.50. The maximum absolute atomic E-state index is 11.9. The minimum atomic E-state index is 0.151. The molecule has 0 bridgehead atoms. The summed E-state index contributed by atoms with van der Waals surface area (Å²) in [6.45, 7) is 5.06. The predicted molar refractivity (Wildman–Crippen MR) is 69.0 cm³/mol. The highest BCUT2D eigenvalue weighted by Gasteiger charge is 2.20. The van der Waals surface area contributed by atoms with Gasteiger partial charge in [0.2, 0.25) is 0 Å². The first-order valence-corrected chi connectivity index (χ1v) is 6.97. The van der Waals surface area contributed by atoms with Crippen molar-refractivity contribution in [3.63, 3.8) is 0 Å². The molecule has 2 heterocycles. The van der Waals surface area contributed by atoms with E-state index in [4.69, 9.17) is 0 Å². The molecular formula is C13H25N3O. The topological polar surface area (TPSA) is 35.6 Å². The number of amides is 2. The van der Waals surface area contributed by atoms with E-state index < -0.39 is 0 Å². The summed E-state index contributed by atoms with van der Waals surface area (Å²) in [5, 5.41) is 3.10. The summed E-state index contributed by atoms with van der Waals surface area (Å²) < 4.78 is 0. The summed E-state index contributed by atoms with van der Waals surface area (Å²) >= 11 is 0. The first-order valence-electron chi connectivity index (χ1n) is 6.97. The van der Waals surface area contributed by atoms with Crippen LogP contribution in [0.4, 0.5) is 4.79 Å². The highest BCUT2D eigenvalue weighted by atomic mass is 16.2. The predicted octanol–water partition coefficient (Wildman–Crippen LogP) is 1.52. The first kappa shape index (κ1) is 12.7. The van der Waals surface area contributed by atoms with Crippen LogP contribution < -0.4 is 5.32 Å². The molecule has 1 unspecified atom stereocenters. The third-order valence-electron chi connectivity index (χ3n) is 3.91. The number of piperidine rings is 2. The van der Waals surface area contributed by atoms with Crippen molar-refractivity contribution in [1.82, 2.24) is 15.1 Å². The molecule has 0 aromatic heterocycles. The zero-order valence-electron chi connectivity index (χ0n) is 11.0. The molecule has 98 valence electrons. The van der Waals surface area contributed by atoms with Gasteiger partial charge in [-0.1, -0.05) is 0 Å². The van der Waals surface area contributed by atoms with Crippen LogP contribution in [-0.2, 0) is 0 Å². The van der Waals surface area contributed by atoms with E-state index in [1.165, 1.54) is 38.6 Å². The van der Waals surface area contributed by atoms with E-state index in [1.54, 1.807) is 0 Å². The molecule has 0 aliphatic carbocycles. The van der Waals surface area contributed by atoms with Crippen LogP contribution in [0.2, 0.25) is 0 Å². The molecule has 0 aromatic rings. The number of hydrogen-bond acceptors (Lipinski definition) is 2. The van der Waals surface area contributed by atoms with Crippen LogP contribution in [0.3, 0.4) is 0 Å². The van der Waals surface area contributed by atoms with Gasteiger partial charge in [0.25, 0.3) is 0 Å². The normalized spacial score (nSPS) is 26.9. The van der Waals surface area contributed by atoms with Gasteiger partial charge in [0.15, 0.2) is 0 Å². The molecule has 4 heteroatoms. The van der Waals surface area contributed by atoms with Crippen LogP contribution in [0.25, 0.3) is 0 Å². The molecular weight excluding hydrogens is 214 g/mol. The molecule has 2 amide bonds. The molecule has 1 atom stereocenters. The molecule has 17 heavy (non-hydrogen) atoms. The molecule has 2 saturated heterocycles. The van der Waals surface area contributed by atoms with E-state index in [1.807, 2.05) is 4.90 Å². The molecule has 2 aliphatic heterocycles. The number of nitrogens with zero attached hydrogens (tertiary/aromatic N) is 2. The second-order valence-corrected chi connectivity index (χ2v) is 5.50. The SMILES string of the molecule is CN1CCCC(CNC(=O)N2CCCCC2)C1. The molecule has 0 spiro atoms. The zero-order valence-corrected chi connectivity index (χ0v) is 11.0. The van der Waals surface area contributed by atoms with Gasteiger partial charge in [-0.05, 0) is 51.6 Å². The average molecular weight is 239 g/mol. The summed E-state index contributed by atoms with van der Waals surface area (Å²) in [5.41, 5.74) is 0. The Kier molecular flexibility index (Phi) is 4.66. The van der Waals surface area contributed by atoms with Gasteiger partial charge >= 0.3 is 6.03 Å². The fourth-order valence-electron chi connectivity index (χ4n) is 2.88. The summed E-state index contributed by atoms with van der Waals surface area (Å²) in [6, 6.07) is 0.151. The lowest BCUT2D eigenvalue weighted by atomic mass is 9.98. The van der Waals surface area contributed by atoms with Gasteiger partial charge in [-0.2, -0.15) is 0 Å². The summed E-state index contributed by atoms with van der Waals surface area (Å²) in [4.78, 5) is 16.3. The minimum Gasteiger partial charge on any atom is -0.338 e. The van der Waals surface area contributed by atoms with Gasteiger partial charge in [0, 0.05) is 26.2 Å². The standard InChI is InChI=1S/C13H25N3O/c1-15-7-5-6-12(11-15)10-14-13(17)16-8-3-2-4-9-16/h12H,2-11H2,1H3,(H,14,17). The summed E-state index contributed by atoms with van der Waals surface area (Å²) in [7, 11) is 2.17. The molecule has 2 aliphatic rings. The maximum Gasteiger partial charge on any atom is 0.317 e. The lowest BCUT2D eigenvalue weighted by Crippen LogP contribution is -2.46. The van der Waals surface area contributed by atoms with Gasteiger partial charge in [0.1, 0.15) is 0 Å². The van der Waals surface area contributed by atoms with Crippen molar-refractivity contribution in [2.75, 3.05) is 39.8 Å². The van der Waals surface area contributed by atoms with Gasteiger partial charge in [0.05, 0.1) is 0 Å². The highest BCUT2D eigenvalue weighted by Crippen LogP contribution is 2.14. The van der Waals surface area contributed by atoms with Crippen LogP contribution in [0.15, 0.2) is 0 Å². The number of likely N-dealkylation sites (tertiary alicyclic amines) is 2. The van der Waals surface area contributed by atoms with Gasteiger partial charge < -0.3 is 15.1 Å². The van der Waals surface area contributed by atoms with Crippen molar-refractivity contribution in [3.8, 4) is 0 Å². The number of carbonyl (C=O) groups is 1. The monoisotopic (exact) mass is 239 g/mol. The zero-order chi connectivity index (χ0) is 12.1. The Morgan fingerprint density at radius 2 is 1.94 bits per heavy atom. The van der Waals surface area contributed by atoms with Crippen molar-refractivity contribution >= 4 is 6.03 Å². The van der Waals surface area contributed by atoms with Crippen molar-refractivity contribution < 1.29 is 4.79 Å². The second kappa shape index (κ2) is 6.24. The van der Waals surface area contributed by atoms with Crippen LogP contribution in [-0.4, -0.2) is 55.6 Å². The van der Waals surface area contributed by atoms with Crippen LogP contribution in [0.1, 0.15) is 32.1 Å². The maximum atomic E-state index is 11.9. The van der Waals surface area contributed by atoms with Crippen molar-refractivity contribution in [3.05, 3.63) is 0 Å². The van der Waals surface area contributed by atoms with Crippen LogP contribution in [0.5, 0.6) is 0 Å². The van der Waals surface area contributed by atoms with Gasteiger partial charge in [-0.15, -0.1) is 0 Å². The Morgan fingerprint density at radius 3 is 2.65 bits per heavy atom. The Morgan fingerprint density at radius 1 is 1.18 bits per heavy atom. The number of hydrogen-bond donors (Lipinski definition) is 1. The van der Waals surface area contributed by atoms with E-state index in [0.29, 0.717) is 5.92 Å². The third kappa shape index (κ3) is 3.87. The Hall–Kier alpha value is -0.770. The van der Waals surface area contributed by atoms with E-state index in [2.05, 4.69) is 17.3 Å². The van der Waals surface area contributed by atoms with Crippen LogP contribution in [0, 0.1) is 5.92 Å². The smallest absolute Gasteiger partial charge is 0.317 e. The molecule has 2 rings (SSSR count).